The summed E-state index contributed by atoms with van der Waals surface area (Å²) in [7, 11) is 0. The molecule has 0 radical (unpaired) electrons. The number of para-hydroxylation sites is 1. The number of nitrogens with zero attached hydrogens (tertiary/aromatic N) is 2. The van der Waals surface area contributed by atoms with Gasteiger partial charge in [0.1, 0.15) is 5.82 Å². The van der Waals surface area contributed by atoms with E-state index in [2.05, 4.69) is 0 Å². The molecule has 6 nitrogen and oxygen atoms in total. The van der Waals surface area contributed by atoms with Crippen molar-refractivity contribution in [1.29, 1.82) is 0 Å². The van der Waals surface area contributed by atoms with Gasteiger partial charge in [0, 0.05) is 26.2 Å². The molecule has 1 aromatic rings. The summed E-state index contributed by atoms with van der Waals surface area (Å²) in [5, 5.41) is 9.47. The lowest BCUT2D eigenvalue weighted by Crippen LogP contribution is -2.53. The van der Waals surface area contributed by atoms with Crippen molar-refractivity contribution in [3.63, 3.8) is 0 Å². The van der Waals surface area contributed by atoms with Gasteiger partial charge in [0.05, 0.1) is 29.7 Å². The first-order chi connectivity index (χ1) is 12.1. The summed E-state index contributed by atoms with van der Waals surface area (Å²) in [5.74, 6) is -2.68. The molecule has 1 aromatic carbocycles. The Hall–Kier alpha value is -2.15. The fourth-order valence-electron chi connectivity index (χ4n) is 4.39. The maximum atomic E-state index is 13.9. The predicted octanol–water partition coefficient (Wildman–Crippen LogP) is 1.35. The number of rotatable bonds is 3. The first-order valence-electron chi connectivity index (χ1n) is 8.73. The maximum Gasteiger partial charge on any atom is 0.310 e. The van der Waals surface area contributed by atoms with Gasteiger partial charge < -0.3 is 19.6 Å². The van der Waals surface area contributed by atoms with Crippen molar-refractivity contribution in [2.24, 2.45) is 11.8 Å². The van der Waals surface area contributed by atoms with Gasteiger partial charge in [-0.05, 0) is 25.0 Å². The number of carbonyl (C=O) groups is 2. The summed E-state index contributed by atoms with van der Waals surface area (Å²) < 4.78 is 19.6. The van der Waals surface area contributed by atoms with Gasteiger partial charge in [0.2, 0.25) is 5.91 Å². The van der Waals surface area contributed by atoms with Crippen LogP contribution in [0.1, 0.15) is 12.8 Å². The number of hydrogen-bond acceptors (Lipinski definition) is 4. The fourth-order valence-corrected chi connectivity index (χ4v) is 4.39. The molecular weight excluding hydrogens is 327 g/mol. The average Bonchev–Trinajstić information content (AvgIpc) is 3.23. The molecule has 3 heterocycles. The Kier molecular flexibility index (Phi) is 4.11. The van der Waals surface area contributed by atoms with E-state index in [1.54, 1.807) is 23.1 Å². The molecule has 3 aliphatic rings. The molecular formula is C18H21FN2O4. The van der Waals surface area contributed by atoms with Crippen LogP contribution in [0.4, 0.5) is 10.1 Å². The lowest BCUT2D eigenvalue weighted by Gasteiger charge is -2.38. The van der Waals surface area contributed by atoms with E-state index in [9.17, 15) is 19.1 Å². The van der Waals surface area contributed by atoms with Crippen LogP contribution < -0.4 is 4.90 Å². The molecule has 3 aliphatic heterocycles. The number of carbonyl (C=O) groups excluding carboxylic acids is 1. The van der Waals surface area contributed by atoms with E-state index in [0.29, 0.717) is 38.3 Å². The van der Waals surface area contributed by atoms with Crippen molar-refractivity contribution < 1.29 is 23.8 Å². The van der Waals surface area contributed by atoms with Crippen LogP contribution in [0.15, 0.2) is 24.3 Å². The molecule has 25 heavy (non-hydrogen) atoms. The molecule has 7 heteroatoms. The second-order valence-corrected chi connectivity index (χ2v) is 6.94. The molecule has 0 saturated carbocycles. The Morgan fingerprint density at radius 2 is 1.68 bits per heavy atom. The van der Waals surface area contributed by atoms with Gasteiger partial charge in [-0.1, -0.05) is 12.1 Å². The molecule has 0 unspecified atom stereocenters. The number of aliphatic carboxylic acids is 1. The number of ether oxygens (including phenoxy) is 1. The first-order valence-corrected chi connectivity index (χ1v) is 8.73. The van der Waals surface area contributed by atoms with Gasteiger partial charge in [0.25, 0.3) is 0 Å². The normalized spacial score (nSPS) is 31.4. The molecule has 4 rings (SSSR count). The van der Waals surface area contributed by atoms with Crippen LogP contribution in [0, 0.1) is 17.7 Å². The highest BCUT2D eigenvalue weighted by Gasteiger charge is 2.56. The third-order valence-corrected chi connectivity index (χ3v) is 5.63. The summed E-state index contributed by atoms with van der Waals surface area (Å²) in [6, 6.07) is 6.60. The molecule has 0 aliphatic carbocycles. The van der Waals surface area contributed by atoms with E-state index >= 15 is 0 Å². The quantitative estimate of drug-likeness (QED) is 0.893. The van der Waals surface area contributed by atoms with Gasteiger partial charge in [0.15, 0.2) is 0 Å². The molecule has 134 valence electrons. The Morgan fingerprint density at radius 1 is 1.04 bits per heavy atom. The van der Waals surface area contributed by atoms with E-state index in [1.165, 1.54) is 6.07 Å². The van der Waals surface area contributed by atoms with Crippen molar-refractivity contribution >= 4 is 17.6 Å². The molecule has 2 bridgehead atoms. The number of halogens is 1. The monoisotopic (exact) mass is 348 g/mol. The molecule has 4 atom stereocenters. The lowest BCUT2D eigenvalue weighted by atomic mass is 9.78. The van der Waals surface area contributed by atoms with Crippen LogP contribution in [-0.4, -0.2) is 60.3 Å². The van der Waals surface area contributed by atoms with Gasteiger partial charge >= 0.3 is 5.97 Å². The number of hydrogen-bond donors (Lipinski definition) is 1. The van der Waals surface area contributed by atoms with Crippen molar-refractivity contribution in [1.82, 2.24) is 4.90 Å². The Morgan fingerprint density at radius 3 is 2.32 bits per heavy atom. The minimum Gasteiger partial charge on any atom is -0.481 e. The standard InChI is InChI=1S/C18H21FN2O4/c19-11-3-1-2-4-12(11)20-7-9-21(10-8-20)17(22)15-13-5-6-14(25-13)16(15)18(23)24/h1-4,13-16H,5-10H2,(H,23,24)/t13-,14-,15-,16-/m1/s1. The second kappa shape index (κ2) is 6.29. The van der Waals surface area contributed by atoms with E-state index in [1.807, 2.05) is 4.90 Å². The number of carboxylic acids is 1. The molecule has 1 N–H and O–H groups in total. The molecule has 3 fully saturated rings. The number of benzene rings is 1. The van der Waals surface area contributed by atoms with Crippen molar-refractivity contribution in [3.05, 3.63) is 30.1 Å². The minimum atomic E-state index is -0.949. The highest BCUT2D eigenvalue weighted by Crippen LogP contribution is 2.44. The molecule has 0 aromatic heterocycles. The fraction of sp³-hybridized carbons (Fsp3) is 0.556. The lowest BCUT2D eigenvalue weighted by molar-refractivity contribution is -0.151. The van der Waals surface area contributed by atoms with E-state index in [0.717, 1.165) is 6.42 Å². The Balaban J connectivity index is 1.43. The SMILES string of the molecule is O=C(O)[C@H]1[C@H](C(=O)N2CCN(c3ccccc3F)CC2)[C@H]2CC[C@H]1O2. The first kappa shape index (κ1) is 16.3. The van der Waals surface area contributed by atoms with Gasteiger partial charge in [-0.3, -0.25) is 9.59 Å². The Bertz CT molecular complexity index is 689. The second-order valence-electron chi connectivity index (χ2n) is 6.94. The van der Waals surface area contributed by atoms with E-state index in [-0.39, 0.29) is 23.9 Å². The third-order valence-electron chi connectivity index (χ3n) is 5.63. The molecule has 1 amide bonds. The predicted molar refractivity (Wildman–Crippen MR) is 87.7 cm³/mol. The van der Waals surface area contributed by atoms with Gasteiger partial charge in [-0.2, -0.15) is 0 Å². The summed E-state index contributed by atoms with van der Waals surface area (Å²) >= 11 is 0. The molecule has 0 spiro atoms. The number of carboxylic acid groups (broad SMARTS) is 1. The third kappa shape index (κ3) is 2.76. The molecule has 3 saturated heterocycles. The highest BCUT2D eigenvalue weighted by molar-refractivity contribution is 5.86. The van der Waals surface area contributed by atoms with Crippen LogP contribution in [0.25, 0.3) is 0 Å². The number of amides is 1. The average molecular weight is 348 g/mol. The van der Waals surface area contributed by atoms with Gasteiger partial charge in [-0.25, -0.2) is 4.39 Å². The van der Waals surface area contributed by atoms with E-state index in [4.69, 9.17) is 4.74 Å². The highest BCUT2D eigenvalue weighted by atomic mass is 19.1. The zero-order chi connectivity index (χ0) is 17.6. The summed E-state index contributed by atoms with van der Waals surface area (Å²) in [5.41, 5.74) is 0.543. The minimum absolute atomic E-state index is 0.132. The summed E-state index contributed by atoms with van der Waals surface area (Å²) in [6.07, 6.45) is 0.853. The van der Waals surface area contributed by atoms with Crippen LogP contribution in [0.2, 0.25) is 0 Å². The van der Waals surface area contributed by atoms with E-state index < -0.39 is 17.8 Å². The van der Waals surface area contributed by atoms with Crippen molar-refractivity contribution in [3.8, 4) is 0 Å². The maximum absolute atomic E-state index is 13.9. The van der Waals surface area contributed by atoms with Crippen LogP contribution in [0.3, 0.4) is 0 Å². The summed E-state index contributed by atoms with van der Waals surface area (Å²) in [4.78, 5) is 28.1. The number of piperazine rings is 1. The van der Waals surface area contributed by atoms with Crippen molar-refractivity contribution in [2.45, 2.75) is 25.0 Å². The zero-order valence-corrected chi connectivity index (χ0v) is 13.8. The zero-order valence-electron chi connectivity index (χ0n) is 13.8. The largest absolute Gasteiger partial charge is 0.481 e. The van der Waals surface area contributed by atoms with Gasteiger partial charge in [-0.15, -0.1) is 0 Å². The van der Waals surface area contributed by atoms with Crippen LogP contribution in [-0.2, 0) is 14.3 Å². The van der Waals surface area contributed by atoms with Crippen LogP contribution in [0.5, 0.6) is 0 Å². The topological polar surface area (TPSA) is 70.1 Å². The van der Waals surface area contributed by atoms with Crippen molar-refractivity contribution in [2.75, 3.05) is 31.1 Å². The Labute approximate surface area is 145 Å². The number of fused-ring (bicyclic) bond motifs is 2. The van der Waals surface area contributed by atoms with Crippen LogP contribution >= 0.6 is 0 Å². The summed E-state index contributed by atoms with van der Waals surface area (Å²) in [6.45, 7) is 2.00. The smallest absolute Gasteiger partial charge is 0.310 e. The number of anilines is 1.